The molecule has 0 radical (unpaired) electrons. The molecular weight excluding hydrogens is 251 g/mol. The number of rotatable bonds is 1. The summed E-state index contributed by atoms with van der Waals surface area (Å²) in [6, 6.07) is 0. The first-order valence-electron chi connectivity index (χ1n) is 2.77. The minimum atomic E-state index is -0.467. The van der Waals surface area contributed by atoms with Crippen molar-refractivity contribution in [3.05, 3.63) is 31.0 Å². The van der Waals surface area contributed by atoms with Crippen LogP contribution in [-0.2, 0) is 0 Å². The number of aromatic amines is 1. The fourth-order valence-corrected chi connectivity index (χ4v) is 1.14. The Morgan fingerprint density at radius 1 is 1.67 bits per heavy atom. The molecule has 12 heavy (non-hydrogen) atoms. The maximum Gasteiger partial charge on any atom is 0.352 e. The molecule has 0 unspecified atom stereocenters. The minimum Gasteiger partial charge on any atom is -0.322 e. The van der Waals surface area contributed by atoms with Crippen molar-refractivity contribution >= 4 is 33.2 Å². The Bertz CT molecular complexity index is 389. The topological polar surface area (TPSA) is 73.2 Å². The molecule has 1 heterocycles. The Kier molecular flexibility index (Phi) is 2.49. The summed E-state index contributed by atoms with van der Waals surface area (Å²) in [5.41, 5.74) is -0.686. The average Bonchev–Trinajstić information content (AvgIpc) is 2.00. The normalized spacial score (nSPS) is 9.83. The quantitative estimate of drug-likeness (QED) is 0.748. The van der Waals surface area contributed by atoms with Gasteiger partial charge >= 0.3 is 5.69 Å². The number of hydrogen-bond acceptors (Lipinski definition) is 2. The molecule has 0 amide bonds. The Hall–Kier alpha value is -0.880. The van der Waals surface area contributed by atoms with Crippen molar-refractivity contribution in [3.63, 3.8) is 0 Å². The predicted molar refractivity (Wildman–Crippen MR) is 44.8 cm³/mol. The molecule has 5 nitrogen and oxygen atoms in total. The second-order valence-electron chi connectivity index (χ2n) is 1.90. The van der Waals surface area contributed by atoms with Gasteiger partial charge in [0, 0.05) is 0 Å². The molecule has 0 saturated carbocycles. The van der Waals surface area contributed by atoms with Gasteiger partial charge in [-0.3, -0.25) is 4.79 Å². The zero-order chi connectivity index (χ0) is 9.30. The summed E-state index contributed by atoms with van der Waals surface area (Å²) in [5.74, 6) is 0. The first kappa shape index (κ1) is 9.21. The highest BCUT2D eigenvalue weighted by atomic mass is 79.9. The van der Waals surface area contributed by atoms with Crippen molar-refractivity contribution in [1.29, 1.82) is 0 Å². The van der Waals surface area contributed by atoms with Crippen molar-refractivity contribution in [2.45, 2.75) is 0 Å². The lowest BCUT2D eigenvalue weighted by atomic mass is 10.4. The van der Waals surface area contributed by atoms with Gasteiger partial charge in [0.15, 0.2) is 0 Å². The lowest BCUT2D eigenvalue weighted by Crippen LogP contribution is -2.08. The van der Waals surface area contributed by atoms with Crippen molar-refractivity contribution in [3.8, 4) is 0 Å². The van der Waals surface area contributed by atoms with E-state index in [1.807, 2.05) is 0 Å². The van der Waals surface area contributed by atoms with Gasteiger partial charge in [-0.25, -0.2) is 5.21 Å². The molecule has 0 saturated heterocycles. The molecule has 2 N–H and O–H groups in total. The maximum absolute atomic E-state index is 10.8. The van der Waals surface area contributed by atoms with Crippen LogP contribution in [-0.4, -0.2) is 15.1 Å². The van der Waals surface area contributed by atoms with E-state index in [-0.39, 0.29) is 15.2 Å². The molecule has 1 rings (SSSR count). The second-order valence-corrected chi connectivity index (χ2v) is 3.07. The van der Waals surface area contributed by atoms with Gasteiger partial charge < -0.3 is 4.98 Å². The summed E-state index contributed by atoms with van der Waals surface area (Å²) < 4.78 is 0.0107. The predicted octanol–water partition coefficient (Wildman–Crippen LogP) is 1.59. The number of pyridine rings is 1. The van der Waals surface area contributed by atoms with E-state index in [1.54, 1.807) is 0 Å². The molecule has 0 aliphatic carbocycles. The van der Waals surface area contributed by atoms with Crippen molar-refractivity contribution in [1.82, 2.24) is 4.98 Å². The van der Waals surface area contributed by atoms with Gasteiger partial charge in [0.1, 0.15) is 9.50 Å². The molecular formula is C5H3BrClN2O3+. The van der Waals surface area contributed by atoms with E-state index < -0.39 is 10.5 Å². The third-order valence-corrected chi connectivity index (χ3v) is 2.53. The summed E-state index contributed by atoms with van der Waals surface area (Å²) in [6.07, 6.45) is 1.02. The SMILES string of the molecule is O=c1[nH]cc([N+](=O)O)c(Cl)c1Br. The fourth-order valence-electron chi connectivity index (χ4n) is 0.612. The highest BCUT2D eigenvalue weighted by molar-refractivity contribution is 9.10. The number of H-pyrrole nitrogens is 1. The number of halogens is 2. The summed E-state index contributed by atoms with van der Waals surface area (Å²) in [6.45, 7) is 0. The first-order valence-corrected chi connectivity index (χ1v) is 3.94. The Morgan fingerprint density at radius 2 is 2.25 bits per heavy atom. The molecule has 0 aliphatic heterocycles. The molecule has 0 aromatic carbocycles. The van der Waals surface area contributed by atoms with Crippen LogP contribution in [0.1, 0.15) is 0 Å². The standard InChI is InChI=1S/C5H2BrClN2O3/c6-3-4(7)2(9(11)12)1-8-5(3)10/h1H,(H-,8,10,11,12)/p+1. The summed E-state index contributed by atoms with van der Waals surface area (Å²) >= 11 is 8.37. The number of nitrogens with one attached hydrogen (secondary N) is 1. The van der Waals surface area contributed by atoms with Crippen LogP contribution in [0.25, 0.3) is 0 Å². The Balaban J connectivity index is 3.47. The van der Waals surface area contributed by atoms with Gasteiger partial charge in [-0.2, -0.15) is 0 Å². The summed E-state index contributed by atoms with van der Waals surface area (Å²) in [7, 11) is 0. The zero-order valence-electron chi connectivity index (χ0n) is 5.54. The van der Waals surface area contributed by atoms with E-state index in [0.717, 1.165) is 6.20 Å². The van der Waals surface area contributed by atoms with E-state index >= 15 is 0 Å². The van der Waals surface area contributed by atoms with Crippen LogP contribution in [0, 0.1) is 4.91 Å². The lowest BCUT2D eigenvalue weighted by Gasteiger charge is -1.91. The highest BCUT2D eigenvalue weighted by Crippen LogP contribution is 2.27. The van der Waals surface area contributed by atoms with Crippen LogP contribution in [0.3, 0.4) is 0 Å². The van der Waals surface area contributed by atoms with Gasteiger partial charge in [0.2, 0.25) is 0 Å². The molecule has 7 heteroatoms. The maximum atomic E-state index is 10.8. The van der Waals surface area contributed by atoms with Gasteiger partial charge in [-0.05, 0) is 15.9 Å². The van der Waals surface area contributed by atoms with Crippen LogP contribution < -0.4 is 5.56 Å². The second kappa shape index (κ2) is 3.24. The van der Waals surface area contributed by atoms with Gasteiger partial charge in [-0.15, -0.1) is 0 Å². The Morgan fingerprint density at radius 3 is 2.75 bits per heavy atom. The molecule has 1 aromatic heterocycles. The van der Waals surface area contributed by atoms with Crippen LogP contribution in [0.2, 0.25) is 5.02 Å². The smallest absolute Gasteiger partial charge is 0.322 e. The molecule has 1 aromatic rings. The largest absolute Gasteiger partial charge is 0.352 e. The van der Waals surface area contributed by atoms with Crippen molar-refractivity contribution in [2.75, 3.05) is 0 Å². The van der Waals surface area contributed by atoms with Gasteiger partial charge in [0.25, 0.3) is 10.5 Å². The summed E-state index contributed by atoms with van der Waals surface area (Å²) in [5, 5.41) is 8.34. The van der Waals surface area contributed by atoms with Crippen molar-refractivity contribution in [2.24, 2.45) is 0 Å². The van der Waals surface area contributed by atoms with E-state index in [4.69, 9.17) is 16.8 Å². The monoisotopic (exact) mass is 253 g/mol. The molecule has 0 aliphatic rings. The number of hydrogen-bond donors (Lipinski definition) is 2. The Labute approximate surface area is 79.6 Å². The van der Waals surface area contributed by atoms with Gasteiger partial charge in [0.05, 0.1) is 11.1 Å². The van der Waals surface area contributed by atoms with Crippen LogP contribution in [0.15, 0.2) is 15.5 Å². The zero-order valence-corrected chi connectivity index (χ0v) is 7.89. The molecule has 0 spiro atoms. The van der Waals surface area contributed by atoms with E-state index in [2.05, 4.69) is 20.9 Å². The van der Waals surface area contributed by atoms with Gasteiger partial charge in [-0.1, -0.05) is 11.6 Å². The highest BCUT2D eigenvalue weighted by Gasteiger charge is 2.21. The minimum absolute atomic E-state index is 0.0107. The lowest BCUT2D eigenvalue weighted by molar-refractivity contribution is -0.729. The van der Waals surface area contributed by atoms with Crippen LogP contribution >= 0.6 is 27.5 Å². The summed E-state index contributed by atoms with van der Waals surface area (Å²) in [4.78, 5) is 23.0. The third-order valence-electron chi connectivity index (χ3n) is 1.16. The molecule has 64 valence electrons. The fraction of sp³-hybridized carbons (Fsp3) is 0. The molecule has 0 fully saturated rings. The number of aromatic nitrogens is 1. The van der Waals surface area contributed by atoms with E-state index in [0.29, 0.717) is 0 Å². The van der Waals surface area contributed by atoms with E-state index in [1.165, 1.54) is 0 Å². The molecule has 0 bridgehead atoms. The molecule has 0 atom stereocenters. The third kappa shape index (κ3) is 1.49. The number of nitrogens with zero attached hydrogens (tertiary/aromatic N) is 1. The average molecular weight is 254 g/mol. The first-order chi connectivity index (χ1) is 5.54. The van der Waals surface area contributed by atoms with E-state index in [9.17, 15) is 9.70 Å². The van der Waals surface area contributed by atoms with Crippen LogP contribution in [0.5, 0.6) is 0 Å². The van der Waals surface area contributed by atoms with Crippen LogP contribution in [0.4, 0.5) is 5.69 Å². The van der Waals surface area contributed by atoms with Crippen molar-refractivity contribution < 1.29 is 10.1 Å².